The predicted molar refractivity (Wildman–Crippen MR) is 107 cm³/mol. The number of fused-ring (bicyclic) bond motifs is 2. The van der Waals surface area contributed by atoms with Crippen molar-refractivity contribution in [3.05, 3.63) is 40.6 Å². The summed E-state index contributed by atoms with van der Waals surface area (Å²) < 4.78 is 49.1. The van der Waals surface area contributed by atoms with E-state index >= 15 is 0 Å². The number of ether oxygens (including phenoxy) is 1. The average Bonchev–Trinajstić information content (AvgIpc) is 3.38. The van der Waals surface area contributed by atoms with Gasteiger partial charge in [0.05, 0.1) is 18.0 Å². The number of aromatic nitrogens is 6. The molecule has 2 aliphatic heterocycles. The molecule has 6 rings (SSSR count). The Bertz CT molecular complexity index is 1200. The summed E-state index contributed by atoms with van der Waals surface area (Å²) in [4.78, 5) is 19.6. The number of alkyl halides is 3. The number of hydrogen-bond donors (Lipinski definition) is 0. The third-order valence-electron chi connectivity index (χ3n) is 6.51. The maximum atomic E-state index is 13.9. The number of halogens is 3. The van der Waals surface area contributed by atoms with Gasteiger partial charge in [-0.05, 0) is 26.2 Å². The number of aryl methyl sites for hydroxylation is 1. The third kappa shape index (κ3) is 3.21. The number of hydrogen-bond acceptors (Lipinski definition) is 7. The molecule has 32 heavy (non-hydrogen) atoms. The molecule has 2 fully saturated rings. The molecule has 1 saturated heterocycles. The molecular formula is C21H22F3N7O. The highest BCUT2D eigenvalue weighted by Gasteiger charge is 2.41. The van der Waals surface area contributed by atoms with E-state index in [1.54, 1.807) is 4.52 Å². The molecule has 0 radical (unpaired) electrons. The second kappa shape index (κ2) is 7.09. The van der Waals surface area contributed by atoms with E-state index in [2.05, 4.69) is 20.1 Å². The first-order valence-electron chi connectivity index (χ1n) is 10.9. The van der Waals surface area contributed by atoms with Crippen molar-refractivity contribution in [2.45, 2.75) is 57.2 Å². The Balaban J connectivity index is 1.44. The van der Waals surface area contributed by atoms with E-state index in [-0.39, 0.29) is 23.9 Å². The molecule has 8 nitrogen and oxygen atoms in total. The molecule has 0 spiro atoms. The van der Waals surface area contributed by atoms with E-state index in [1.807, 2.05) is 11.8 Å². The van der Waals surface area contributed by atoms with Crippen molar-refractivity contribution in [1.82, 2.24) is 29.5 Å². The molecule has 1 aliphatic carbocycles. The third-order valence-corrected chi connectivity index (χ3v) is 6.51. The summed E-state index contributed by atoms with van der Waals surface area (Å²) >= 11 is 0. The largest absolute Gasteiger partial charge is 0.433 e. The highest BCUT2D eigenvalue weighted by molar-refractivity contribution is 5.73. The van der Waals surface area contributed by atoms with Crippen LogP contribution in [-0.4, -0.2) is 49.3 Å². The Hall–Kier alpha value is -2.82. The first-order chi connectivity index (χ1) is 15.4. The zero-order valence-corrected chi connectivity index (χ0v) is 17.6. The highest BCUT2D eigenvalue weighted by Crippen LogP contribution is 2.42. The van der Waals surface area contributed by atoms with Crippen LogP contribution in [-0.2, 0) is 23.9 Å². The van der Waals surface area contributed by atoms with Gasteiger partial charge in [0, 0.05) is 43.5 Å². The maximum Gasteiger partial charge on any atom is 0.433 e. The van der Waals surface area contributed by atoms with Crippen molar-refractivity contribution >= 4 is 11.3 Å². The van der Waals surface area contributed by atoms with Gasteiger partial charge in [-0.25, -0.2) is 24.5 Å². The van der Waals surface area contributed by atoms with Gasteiger partial charge in [-0.2, -0.15) is 18.3 Å². The fourth-order valence-corrected chi connectivity index (χ4v) is 4.73. The minimum atomic E-state index is -4.53. The zero-order chi connectivity index (χ0) is 22.0. The molecule has 0 N–H and O–H groups in total. The Labute approximate surface area is 181 Å². The van der Waals surface area contributed by atoms with Gasteiger partial charge >= 0.3 is 6.18 Å². The second-order valence-corrected chi connectivity index (χ2v) is 8.75. The molecule has 0 aromatic carbocycles. The lowest BCUT2D eigenvalue weighted by atomic mass is 10.0. The van der Waals surface area contributed by atoms with Gasteiger partial charge < -0.3 is 9.64 Å². The molecule has 3 aromatic heterocycles. The molecule has 5 heterocycles. The number of rotatable bonds is 3. The summed E-state index contributed by atoms with van der Waals surface area (Å²) in [7, 11) is 0. The molecule has 1 saturated carbocycles. The molecular weight excluding hydrogens is 423 g/mol. The highest BCUT2D eigenvalue weighted by atomic mass is 19.4. The van der Waals surface area contributed by atoms with Crippen LogP contribution in [0.1, 0.15) is 65.4 Å². The van der Waals surface area contributed by atoms with Crippen molar-refractivity contribution in [2.24, 2.45) is 0 Å². The van der Waals surface area contributed by atoms with Gasteiger partial charge in [-0.3, -0.25) is 0 Å². The van der Waals surface area contributed by atoms with E-state index in [4.69, 9.17) is 9.72 Å². The van der Waals surface area contributed by atoms with Crippen molar-refractivity contribution < 1.29 is 17.9 Å². The number of nitrogens with zero attached hydrogens (tertiary/aromatic N) is 7. The molecule has 3 aliphatic rings. The Morgan fingerprint density at radius 2 is 1.94 bits per heavy atom. The van der Waals surface area contributed by atoms with Crippen molar-refractivity contribution in [2.75, 3.05) is 24.7 Å². The van der Waals surface area contributed by atoms with Crippen LogP contribution in [0, 0.1) is 6.92 Å². The molecule has 0 bridgehead atoms. The molecule has 3 aromatic rings. The first kappa shape index (κ1) is 19.8. The smallest absolute Gasteiger partial charge is 0.381 e. The van der Waals surface area contributed by atoms with Crippen molar-refractivity contribution in [3.8, 4) is 0 Å². The summed E-state index contributed by atoms with van der Waals surface area (Å²) in [6.07, 6.45) is -0.130. The standard InChI is InChI=1S/C21H22F3N7O/c1-11-27-16(13-5-7-32-9-13)17-20(25-10-26-31(11)17)30-6-4-15-14(8-30)18(21(22,23)24)29-19(28-15)12-2-3-12/h10,12-13H,2-9H2,1H3/t13-/m1/s1. The topological polar surface area (TPSA) is 81.3 Å². The lowest BCUT2D eigenvalue weighted by Crippen LogP contribution is -2.35. The molecule has 11 heteroatoms. The fourth-order valence-electron chi connectivity index (χ4n) is 4.73. The van der Waals surface area contributed by atoms with Gasteiger partial charge in [-0.1, -0.05) is 0 Å². The lowest BCUT2D eigenvalue weighted by molar-refractivity contribution is -0.142. The van der Waals surface area contributed by atoms with Crippen LogP contribution in [0.4, 0.5) is 19.0 Å². The van der Waals surface area contributed by atoms with Crippen LogP contribution in [0.2, 0.25) is 0 Å². The van der Waals surface area contributed by atoms with E-state index in [0.29, 0.717) is 43.5 Å². The monoisotopic (exact) mass is 445 g/mol. The first-order valence-corrected chi connectivity index (χ1v) is 10.9. The van der Waals surface area contributed by atoms with Crippen LogP contribution < -0.4 is 4.90 Å². The summed E-state index contributed by atoms with van der Waals surface area (Å²) in [5, 5.41) is 4.34. The van der Waals surface area contributed by atoms with E-state index in [1.165, 1.54) is 6.33 Å². The zero-order valence-electron chi connectivity index (χ0n) is 17.6. The molecule has 0 unspecified atom stereocenters. The summed E-state index contributed by atoms with van der Waals surface area (Å²) in [5.74, 6) is 1.83. The second-order valence-electron chi connectivity index (χ2n) is 8.75. The van der Waals surface area contributed by atoms with Gasteiger partial charge in [0.1, 0.15) is 23.5 Å². The van der Waals surface area contributed by atoms with E-state index < -0.39 is 11.9 Å². The van der Waals surface area contributed by atoms with Gasteiger partial charge in [-0.15, -0.1) is 0 Å². The quantitative estimate of drug-likeness (QED) is 0.613. The summed E-state index contributed by atoms with van der Waals surface area (Å²) in [6.45, 7) is 3.66. The normalized spacial score (nSPS) is 21.4. The fraction of sp³-hybridized carbons (Fsp3) is 0.571. The summed E-state index contributed by atoms with van der Waals surface area (Å²) in [5.41, 5.74) is 1.43. The maximum absolute atomic E-state index is 13.9. The number of imidazole rings is 1. The minimum Gasteiger partial charge on any atom is -0.381 e. The number of anilines is 1. The SMILES string of the molecule is Cc1nc([C@@H]2CCOC2)c2c(N3CCc4nc(C5CC5)nc(C(F)(F)F)c4C3)ncnn12. The molecule has 0 amide bonds. The Morgan fingerprint density at radius 1 is 1.09 bits per heavy atom. The Morgan fingerprint density at radius 3 is 2.66 bits per heavy atom. The van der Waals surface area contributed by atoms with E-state index in [9.17, 15) is 13.2 Å². The minimum absolute atomic E-state index is 0.0482. The van der Waals surface area contributed by atoms with Gasteiger partial charge in [0.15, 0.2) is 11.5 Å². The predicted octanol–water partition coefficient (Wildman–Crippen LogP) is 3.19. The van der Waals surface area contributed by atoms with Crippen LogP contribution in [0.15, 0.2) is 6.33 Å². The van der Waals surface area contributed by atoms with Crippen LogP contribution in [0.5, 0.6) is 0 Å². The molecule has 168 valence electrons. The van der Waals surface area contributed by atoms with Crippen molar-refractivity contribution in [3.63, 3.8) is 0 Å². The Kier molecular flexibility index (Phi) is 4.40. The van der Waals surface area contributed by atoms with E-state index in [0.717, 1.165) is 36.3 Å². The lowest BCUT2D eigenvalue weighted by Gasteiger charge is -2.31. The average molecular weight is 445 g/mol. The van der Waals surface area contributed by atoms with Crippen molar-refractivity contribution in [1.29, 1.82) is 0 Å². The van der Waals surface area contributed by atoms with Gasteiger partial charge in [0.25, 0.3) is 0 Å². The van der Waals surface area contributed by atoms with Crippen LogP contribution in [0.3, 0.4) is 0 Å². The van der Waals surface area contributed by atoms with Gasteiger partial charge in [0.2, 0.25) is 0 Å². The molecule has 1 atom stereocenters. The van der Waals surface area contributed by atoms with Crippen LogP contribution in [0.25, 0.3) is 5.52 Å². The van der Waals surface area contributed by atoms with Crippen LogP contribution >= 0.6 is 0 Å². The summed E-state index contributed by atoms with van der Waals surface area (Å²) in [6, 6.07) is 0.